The Labute approximate surface area is 212 Å². The van der Waals surface area contributed by atoms with Crippen molar-refractivity contribution in [2.75, 3.05) is 0 Å². The van der Waals surface area contributed by atoms with E-state index in [9.17, 15) is 0 Å². The molecule has 4 aliphatic carbocycles. The van der Waals surface area contributed by atoms with E-state index in [1.807, 2.05) is 52.0 Å². The average molecular weight is 461 g/mol. The normalized spacial score (nSPS) is 34.0. The maximum Gasteiger partial charge on any atom is 0.0101 e. The van der Waals surface area contributed by atoms with Crippen molar-refractivity contribution in [2.45, 2.75) is 99.8 Å². The molecule has 188 valence electrons. The van der Waals surface area contributed by atoms with E-state index in [0.29, 0.717) is 10.8 Å². The quantitative estimate of drug-likeness (QED) is 0.290. The minimum atomic E-state index is 0.339. The minimum Gasteiger partial charge on any atom is -0.100 e. The molecule has 0 heterocycles. The minimum absolute atomic E-state index is 0.339. The molecule has 4 aliphatic rings. The van der Waals surface area contributed by atoms with Crippen LogP contribution in [0.15, 0.2) is 84.1 Å². The van der Waals surface area contributed by atoms with Gasteiger partial charge in [0.15, 0.2) is 0 Å². The van der Waals surface area contributed by atoms with Crippen LogP contribution >= 0.6 is 0 Å². The summed E-state index contributed by atoms with van der Waals surface area (Å²) in [6.07, 6.45) is 23.5. The predicted octanol–water partition coefficient (Wildman–Crippen LogP) is 10.7. The van der Waals surface area contributed by atoms with Gasteiger partial charge in [0.25, 0.3) is 0 Å². The highest BCUT2D eigenvalue weighted by atomic mass is 14.6. The van der Waals surface area contributed by atoms with Crippen LogP contribution in [0.4, 0.5) is 0 Å². The van der Waals surface area contributed by atoms with Crippen LogP contribution in [0.3, 0.4) is 0 Å². The first-order valence-corrected chi connectivity index (χ1v) is 13.7. The number of hydrogen-bond donors (Lipinski definition) is 0. The van der Waals surface area contributed by atoms with Gasteiger partial charge >= 0.3 is 0 Å². The Morgan fingerprint density at radius 3 is 2.21 bits per heavy atom. The van der Waals surface area contributed by atoms with E-state index in [2.05, 4.69) is 52.7 Å². The van der Waals surface area contributed by atoms with Crippen LogP contribution in [0.25, 0.3) is 0 Å². The van der Waals surface area contributed by atoms with Gasteiger partial charge in [0.2, 0.25) is 0 Å². The zero-order chi connectivity index (χ0) is 25.5. The second-order valence-corrected chi connectivity index (χ2v) is 11.7. The van der Waals surface area contributed by atoms with E-state index in [1.54, 1.807) is 11.1 Å². The van der Waals surface area contributed by atoms with Crippen molar-refractivity contribution in [2.24, 2.45) is 28.6 Å². The van der Waals surface area contributed by atoms with E-state index in [0.717, 1.165) is 24.2 Å². The van der Waals surface area contributed by atoms with Crippen molar-refractivity contribution in [3.8, 4) is 0 Å². The molecule has 0 aliphatic heterocycles. The molecule has 0 N–H and O–H groups in total. The standard InChI is InChI=1S/C24H34.C6H10.C4H8/c1-6-17(3)20-9-10-21-19-8-7-18-15-16(2)11-13-23(18,4)22(19)12-14-24(20,21)5;1-3-5-6-4-2;1-4(2)3/h12,15,19-21H,2-3,6-11,13-14H2,1,4-5H3;3-6H,1-2H3;1H2,2-3H3/b;5-3-,6-4-;/t19?,20-,21?,23+,24-;;/m1../s1. The van der Waals surface area contributed by atoms with Gasteiger partial charge in [-0.1, -0.05) is 98.3 Å². The first kappa shape index (κ1) is 28.4. The topological polar surface area (TPSA) is 0 Å². The van der Waals surface area contributed by atoms with Gasteiger partial charge < -0.3 is 0 Å². The summed E-state index contributed by atoms with van der Waals surface area (Å²) < 4.78 is 0. The highest BCUT2D eigenvalue weighted by Gasteiger charge is 2.55. The van der Waals surface area contributed by atoms with Crippen molar-refractivity contribution in [3.63, 3.8) is 0 Å². The molecule has 4 rings (SSSR count). The molecule has 0 aromatic carbocycles. The average Bonchev–Trinajstić information content (AvgIpc) is 3.15. The SMILES string of the molecule is C/C=C\C=C/C.C=C(C)C.C=C1C=C2CCC3C(=CC[C@@]4(C)C3CC[C@@H]4C(=C)CC)[C@@]2(C)CC1. The third-order valence-corrected chi connectivity index (χ3v) is 8.89. The number of rotatable bonds is 3. The van der Waals surface area contributed by atoms with Crippen molar-refractivity contribution >= 4 is 0 Å². The molecule has 2 saturated carbocycles. The van der Waals surface area contributed by atoms with Crippen molar-refractivity contribution in [3.05, 3.63) is 84.1 Å². The molecule has 0 bridgehead atoms. The predicted molar refractivity (Wildman–Crippen MR) is 154 cm³/mol. The van der Waals surface area contributed by atoms with Gasteiger partial charge in [-0.3, -0.25) is 0 Å². The van der Waals surface area contributed by atoms with Crippen molar-refractivity contribution in [1.29, 1.82) is 0 Å². The fourth-order valence-corrected chi connectivity index (χ4v) is 7.08. The number of hydrogen-bond acceptors (Lipinski definition) is 0. The molecule has 0 heteroatoms. The third kappa shape index (κ3) is 6.05. The van der Waals surface area contributed by atoms with Crippen molar-refractivity contribution < 1.29 is 0 Å². The third-order valence-electron chi connectivity index (χ3n) is 8.89. The molecule has 0 amide bonds. The Balaban J connectivity index is 0.000000347. The largest absolute Gasteiger partial charge is 0.100 e. The molecule has 0 radical (unpaired) electrons. The van der Waals surface area contributed by atoms with E-state index < -0.39 is 0 Å². The smallest absolute Gasteiger partial charge is 0.0101 e. The summed E-state index contributed by atoms with van der Waals surface area (Å²) >= 11 is 0. The monoisotopic (exact) mass is 460 g/mol. The molecule has 0 aromatic rings. The van der Waals surface area contributed by atoms with E-state index in [4.69, 9.17) is 0 Å². The van der Waals surface area contributed by atoms with Gasteiger partial charge in [-0.15, -0.1) is 6.58 Å². The number of fused-ring (bicyclic) bond motifs is 5. The summed E-state index contributed by atoms with van der Waals surface area (Å²) in [7, 11) is 0. The van der Waals surface area contributed by atoms with E-state index in [-0.39, 0.29) is 0 Å². The second-order valence-electron chi connectivity index (χ2n) is 11.7. The van der Waals surface area contributed by atoms with Gasteiger partial charge in [0.1, 0.15) is 0 Å². The lowest BCUT2D eigenvalue weighted by molar-refractivity contribution is 0.0963. The van der Waals surface area contributed by atoms with Crippen LogP contribution in [-0.2, 0) is 0 Å². The highest BCUT2D eigenvalue weighted by Crippen LogP contribution is 2.65. The summed E-state index contributed by atoms with van der Waals surface area (Å²) in [6.45, 7) is 27.6. The Kier molecular flexibility index (Phi) is 10.2. The summed E-state index contributed by atoms with van der Waals surface area (Å²) in [5, 5.41) is 0. The fraction of sp³-hybridized carbons (Fsp3) is 0.588. The fourth-order valence-electron chi connectivity index (χ4n) is 7.08. The molecular formula is C34H52. The van der Waals surface area contributed by atoms with E-state index >= 15 is 0 Å². The summed E-state index contributed by atoms with van der Waals surface area (Å²) in [5.41, 5.74) is 8.31. The zero-order valence-corrected chi connectivity index (χ0v) is 23.5. The lowest BCUT2D eigenvalue weighted by Crippen LogP contribution is -2.44. The molecule has 0 saturated heterocycles. The van der Waals surface area contributed by atoms with Crippen LogP contribution in [0.2, 0.25) is 0 Å². The number of allylic oxidation sites excluding steroid dienone is 11. The molecule has 34 heavy (non-hydrogen) atoms. The van der Waals surface area contributed by atoms with Crippen LogP contribution in [0.1, 0.15) is 99.8 Å². The van der Waals surface area contributed by atoms with Gasteiger partial charge in [-0.2, -0.15) is 0 Å². The van der Waals surface area contributed by atoms with Gasteiger partial charge in [0, 0.05) is 5.41 Å². The maximum atomic E-state index is 4.44. The first-order valence-electron chi connectivity index (χ1n) is 13.7. The lowest BCUT2D eigenvalue weighted by Gasteiger charge is -2.54. The highest BCUT2D eigenvalue weighted by molar-refractivity contribution is 5.43. The Morgan fingerprint density at radius 2 is 1.65 bits per heavy atom. The molecule has 0 spiro atoms. The Hall–Kier alpha value is -1.82. The molecule has 2 fully saturated rings. The molecule has 2 unspecified atom stereocenters. The van der Waals surface area contributed by atoms with Gasteiger partial charge in [0.05, 0.1) is 0 Å². The van der Waals surface area contributed by atoms with Crippen LogP contribution in [0, 0.1) is 28.6 Å². The summed E-state index contributed by atoms with van der Waals surface area (Å²) in [5.74, 6) is 2.46. The zero-order valence-electron chi connectivity index (χ0n) is 23.5. The van der Waals surface area contributed by atoms with Gasteiger partial charge in [-0.25, -0.2) is 0 Å². The second kappa shape index (κ2) is 12.2. The molecule has 0 aromatic heterocycles. The van der Waals surface area contributed by atoms with Crippen LogP contribution < -0.4 is 0 Å². The first-order chi connectivity index (χ1) is 16.0. The summed E-state index contributed by atoms with van der Waals surface area (Å²) in [6, 6.07) is 0. The van der Waals surface area contributed by atoms with Crippen LogP contribution in [-0.4, -0.2) is 0 Å². The van der Waals surface area contributed by atoms with Crippen molar-refractivity contribution in [1.82, 2.24) is 0 Å². The molecule has 0 nitrogen and oxygen atoms in total. The maximum absolute atomic E-state index is 4.44. The van der Waals surface area contributed by atoms with E-state index in [1.165, 1.54) is 61.7 Å². The Bertz CT molecular complexity index is 858. The van der Waals surface area contributed by atoms with Crippen LogP contribution in [0.5, 0.6) is 0 Å². The molecular weight excluding hydrogens is 408 g/mol. The summed E-state index contributed by atoms with van der Waals surface area (Å²) in [4.78, 5) is 0. The molecule has 5 atom stereocenters. The Morgan fingerprint density at radius 1 is 1.03 bits per heavy atom. The van der Waals surface area contributed by atoms with Gasteiger partial charge in [-0.05, 0) is 102 Å². The lowest BCUT2D eigenvalue weighted by atomic mass is 9.51.